The SMILES string of the molecule is COC(=O)C[C@H](N[S+]([O-])C(C)C)c1ccc(F)cc1F. The van der Waals surface area contributed by atoms with Crippen LogP contribution < -0.4 is 4.72 Å². The van der Waals surface area contributed by atoms with E-state index in [1.54, 1.807) is 13.8 Å². The molecule has 7 heteroatoms. The molecule has 1 aromatic carbocycles. The van der Waals surface area contributed by atoms with Crippen molar-refractivity contribution in [3.8, 4) is 0 Å². The smallest absolute Gasteiger partial charge is 0.307 e. The van der Waals surface area contributed by atoms with Crippen LogP contribution in [0.25, 0.3) is 0 Å². The molecule has 0 aromatic heterocycles. The first-order valence-corrected chi connectivity index (χ1v) is 7.25. The van der Waals surface area contributed by atoms with Crippen molar-refractivity contribution < 1.29 is 22.9 Å². The zero-order valence-corrected chi connectivity index (χ0v) is 12.3. The summed E-state index contributed by atoms with van der Waals surface area (Å²) < 4.78 is 45.7. The first-order chi connectivity index (χ1) is 9.35. The van der Waals surface area contributed by atoms with Crippen LogP contribution in [0.4, 0.5) is 8.78 Å². The van der Waals surface area contributed by atoms with Gasteiger partial charge >= 0.3 is 5.97 Å². The minimum Gasteiger partial charge on any atom is -0.598 e. The van der Waals surface area contributed by atoms with E-state index in [9.17, 15) is 18.1 Å². The molecule has 1 rings (SSSR count). The monoisotopic (exact) mass is 305 g/mol. The zero-order chi connectivity index (χ0) is 15.3. The van der Waals surface area contributed by atoms with Crippen LogP contribution in [-0.4, -0.2) is 22.9 Å². The number of carbonyl (C=O) groups excluding carboxylic acids is 1. The number of ether oxygens (including phenoxy) is 1. The van der Waals surface area contributed by atoms with E-state index in [1.807, 2.05) is 0 Å². The lowest BCUT2D eigenvalue weighted by Crippen LogP contribution is -2.35. The fourth-order valence-electron chi connectivity index (χ4n) is 1.53. The number of hydrogen-bond acceptors (Lipinski definition) is 4. The molecule has 0 amide bonds. The molecule has 0 saturated carbocycles. The Labute approximate surface area is 119 Å². The van der Waals surface area contributed by atoms with Gasteiger partial charge in [0.05, 0.1) is 19.6 Å². The van der Waals surface area contributed by atoms with E-state index in [-0.39, 0.29) is 17.2 Å². The number of carbonyl (C=O) groups is 1. The van der Waals surface area contributed by atoms with Crippen LogP contribution in [0.5, 0.6) is 0 Å². The van der Waals surface area contributed by atoms with Gasteiger partial charge in [-0.2, -0.15) is 0 Å². The quantitative estimate of drug-likeness (QED) is 0.647. The number of hydrogen-bond donors (Lipinski definition) is 1. The average molecular weight is 305 g/mol. The Morgan fingerprint density at radius 3 is 2.60 bits per heavy atom. The maximum absolute atomic E-state index is 13.8. The maximum atomic E-state index is 13.8. The van der Waals surface area contributed by atoms with E-state index in [0.717, 1.165) is 12.1 Å². The molecule has 0 spiro atoms. The van der Waals surface area contributed by atoms with Gasteiger partial charge in [0, 0.05) is 23.0 Å². The highest BCUT2D eigenvalue weighted by Crippen LogP contribution is 2.23. The van der Waals surface area contributed by atoms with Crippen molar-refractivity contribution in [2.24, 2.45) is 0 Å². The number of esters is 1. The van der Waals surface area contributed by atoms with Crippen molar-refractivity contribution in [1.29, 1.82) is 0 Å². The van der Waals surface area contributed by atoms with Gasteiger partial charge in [-0.05, 0) is 19.9 Å². The van der Waals surface area contributed by atoms with Gasteiger partial charge in [-0.3, -0.25) is 4.79 Å². The molecule has 0 saturated heterocycles. The van der Waals surface area contributed by atoms with Crippen LogP contribution >= 0.6 is 0 Å². The van der Waals surface area contributed by atoms with Crippen molar-refractivity contribution in [2.75, 3.05) is 7.11 Å². The number of rotatable bonds is 6. The Morgan fingerprint density at radius 1 is 1.45 bits per heavy atom. The van der Waals surface area contributed by atoms with E-state index in [0.29, 0.717) is 0 Å². The molecule has 0 heterocycles. The lowest BCUT2D eigenvalue weighted by Gasteiger charge is -2.22. The van der Waals surface area contributed by atoms with Crippen LogP contribution in [0.1, 0.15) is 31.9 Å². The van der Waals surface area contributed by atoms with Crippen molar-refractivity contribution in [1.82, 2.24) is 4.72 Å². The number of halogens is 2. The molecule has 1 N–H and O–H groups in total. The molecule has 0 fully saturated rings. The fourth-order valence-corrected chi connectivity index (χ4v) is 2.29. The van der Waals surface area contributed by atoms with Gasteiger partial charge in [-0.1, -0.05) is 6.07 Å². The Morgan fingerprint density at radius 2 is 2.10 bits per heavy atom. The second kappa shape index (κ2) is 7.56. The van der Waals surface area contributed by atoms with Gasteiger partial charge in [0.25, 0.3) is 0 Å². The van der Waals surface area contributed by atoms with E-state index in [2.05, 4.69) is 9.46 Å². The third-order valence-corrected chi connectivity index (χ3v) is 4.00. The van der Waals surface area contributed by atoms with Gasteiger partial charge in [0.2, 0.25) is 0 Å². The van der Waals surface area contributed by atoms with E-state index in [4.69, 9.17) is 0 Å². The van der Waals surface area contributed by atoms with Crippen LogP contribution in [0.15, 0.2) is 18.2 Å². The minimum atomic E-state index is -1.45. The van der Waals surface area contributed by atoms with Crippen LogP contribution in [0.2, 0.25) is 0 Å². The standard InChI is InChI=1S/C13H17F2NO3S/c1-8(2)20(18)16-12(7-13(17)19-3)10-5-4-9(14)6-11(10)15/h4-6,8,12,16H,7H2,1-3H3/t12-,20?/m0/s1. The van der Waals surface area contributed by atoms with Crippen LogP contribution in [0, 0.1) is 11.6 Å². The highest BCUT2D eigenvalue weighted by Gasteiger charge is 2.26. The lowest BCUT2D eigenvalue weighted by atomic mass is 10.0. The molecule has 20 heavy (non-hydrogen) atoms. The van der Waals surface area contributed by atoms with Crippen molar-refractivity contribution in [3.63, 3.8) is 0 Å². The summed E-state index contributed by atoms with van der Waals surface area (Å²) in [5, 5.41) is -0.210. The van der Waals surface area contributed by atoms with Crippen molar-refractivity contribution in [3.05, 3.63) is 35.4 Å². The highest BCUT2D eigenvalue weighted by molar-refractivity contribution is 7.90. The topological polar surface area (TPSA) is 61.4 Å². The predicted octanol–water partition coefficient (Wildman–Crippen LogP) is 2.23. The molecule has 112 valence electrons. The van der Waals surface area contributed by atoms with E-state index in [1.165, 1.54) is 13.2 Å². The van der Waals surface area contributed by atoms with E-state index >= 15 is 0 Å². The summed E-state index contributed by atoms with van der Waals surface area (Å²) in [7, 11) is 1.21. The molecule has 0 aliphatic heterocycles. The molecule has 0 radical (unpaired) electrons. The summed E-state index contributed by atoms with van der Waals surface area (Å²) in [5.74, 6) is -2.09. The lowest BCUT2D eigenvalue weighted by molar-refractivity contribution is -0.141. The third-order valence-electron chi connectivity index (χ3n) is 2.62. The molecule has 0 aliphatic rings. The Bertz CT molecular complexity index is 471. The van der Waals surface area contributed by atoms with Gasteiger partial charge in [-0.15, -0.1) is 4.72 Å². The Balaban J connectivity index is 2.99. The summed E-state index contributed by atoms with van der Waals surface area (Å²) in [6, 6.07) is 2.19. The van der Waals surface area contributed by atoms with Crippen molar-refractivity contribution in [2.45, 2.75) is 31.6 Å². The average Bonchev–Trinajstić information content (AvgIpc) is 2.37. The molecule has 1 unspecified atom stereocenters. The predicted molar refractivity (Wildman–Crippen MR) is 72.1 cm³/mol. The second-order valence-electron chi connectivity index (χ2n) is 4.46. The molecule has 0 aliphatic carbocycles. The fraction of sp³-hybridized carbons (Fsp3) is 0.462. The second-order valence-corrected chi connectivity index (χ2v) is 6.24. The third kappa shape index (κ3) is 4.73. The maximum Gasteiger partial charge on any atom is 0.307 e. The van der Waals surface area contributed by atoms with Gasteiger partial charge in [0.15, 0.2) is 0 Å². The first kappa shape index (κ1) is 16.9. The number of nitrogens with one attached hydrogen (secondary N) is 1. The first-order valence-electron chi connectivity index (χ1n) is 6.03. The Kier molecular flexibility index (Phi) is 6.38. The highest BCUT2D eigenvalue weighted by atomic mass is 32.2. The summed E-state index contributed by atoms with van der Waals surface area (Å²) in [6.45, 7) is 3.44. The molecule has 1 aromatic rings. The van der Waals surface area contributed by atoms with Gasteiger partial charge < -0.3 is 9.29 Å². The molecule has 0 bridgehead atoms. The molecular weight excluding hydrogens is 288 g/mol. The van der Waals surface area contributed by atoms with Crippen LogP contribution in [-0.2, 0) is 20.9 Å². The summed E-state index contributed by atoms with van der Waals surface area (Å²) in [6.07, 6.45) is -0.197. The number of methoxy groups -OCH3 is 1. The minimum absolute atomic E-state index is 0.0748. The van der Waals surface area contributed by atoms with Gasteiger partial charge in [-0.25, -0.2) is 8.78 Å². The molecule has 4 nitrogen and oxygen atoms in total. The summed E-state index contributed by atoms with van der Waals surface area (Å²) in [5.41, 5.74) is 0.0748. The Hall–Kier alpha value is -1.18. The molecular formula is C13H17F2NO3S. The molecule has 2 atom stereocenters. The largest absolute Gasteiger partial charge is 0.598 e. The summed E-state index contributed by atoms with van der Waals surface area (Å²) in [4.78, 5) is 11.4. The van der Waals surface area contributed by atoms with Crippen molar-refractivity contribution >= 4 is 17.3 Å². The zero-order valence-electron chi connectivity index (χ0n) is 11.5. The number of benzene rings is 1. The summed E-state index contributed by atoms with van der Waals surface area (Å²) >= 11 is -1.45. The normalized spacial score (nSPS) is 14.2. The van der Waals surface area contributed by atoms with E-state index < -0.39 is 35.0 Å². The van der Waals surface area contributed by atoms with Gasteiger partial charge in [0.1, 0.15) is 16.9 Å². The van der Waals surface area contributed by atoms with Crippen LogP contribution in [0.3, 0.4) is 0 Å².